The standard InChI is InChI=1S/C9H14N2O.ClH/c1-12-7-6-8-4-2-3-5-9(8)11-10;/h2-5,11H,6-7,10H2,1H3;1H. The minimum atomic E-state index is 0. The number of anilines is 1. The van der Waals surface area contributed by atoms with E-state index in [0.717, 1.165) is 18.7 Å². The van der Waals surface area contributed by atoms with Crippen LogP contribution in [0.3, 0.4) is 0 Å². The molecule has 0 saturated carbocycles. The van der Waals surface area contributed by atoms with Crippen molar-refractivity contribution in [3.63, 3.8) is 0 Å². The Hall–Kier alpha value is -0.770. The van der Waals surface area contributed by atoms with Crippen molar-refractivity contribution in [1.82, 2.24) is 0 Å². The Bertz CT molecular complexity index is 243. The van der Waals surface area contributed by atoms with Crippen molar-refractivity contribution in [3.8, 4) is 0 Å². The number of hydrogen-bond acceptors (Lipinski definition) is 3. The lowest BCUT2D eigenvalue weighted by molar-refractivity contribution is 0.202. The molecule has 0 saturated heterocycles. The molecule has 0 aromatic heterocycles. The first kappa shape index (κ1) is 12.2. The van der Waals surface area contributed by atoms with Crippen LogP contribution in [-0.2, 0) is 11.2 Å². The van der Waals surface area contributed by atoms with Gasteiger partial charge in [-0.3, -0.25) is 5.84 Å². The van der Waals surface area contributed by atoms with Gasteiger partial charge in [0, 0.05) is 7.11 Å². The quantitative estimate of drug-likeness (QED) is 0.576. The zero-order valence-corrected chi connectivity index (χ0v) is 8.43. The molecule has 3 N–H and O–H groups in total. The molecule has 0 aliphatic rings. The van der Waals surface area contributed by atoms with Gasteiger partial charge < -0.3 is 10.2 Å². The molecule has 0 unspecified atom stereocenters. The monoisotopic (exact) mass is 202 g/mol. The molecule has 13 heavy (non-hydrogen) atoms. The van der Waals surface area contributed by atoms with E-state index < -0.39 is 0 Å². The van der Waals surface area contributed by atoms with E-state index in [4.69, 9.17) is 10.6 Å². The number of hydrogen-bond donors (Lipinski definition) is 2. The highest BCUT2D eigenvalue weighted by Crippen LogP contribution is 2.13. The second-order valence-corrected chi connectivity index (χ2v) is 2.54. The van der Waals surface area contributed by atoms with Gasteiger partial charge in [-0.05, 0) is 18.1 Å². The van der Waals surface area contributed by atoms with E-state index >= 15 is 0 Å². The number of nitrogen functional groups attached to an aromatic ring is 1. The molecule has 74 valence electrons. The van der Waals surface area contributed by atoms with Crippen LogP contribution in [0.15, 0.2) is 24.3 Å². The second-order valence-electron chi connectivity index (χ2n) is 2.54. The van der Waals surface area contributed by atoms with Gasteiger partial charge in [-0.25, -0.2) is 0 Å². The summed E-state index contributed by atoms with van der Waals surface area (Å²) in [6.07, 6.45) is 0.886. The molecule has 4 heteroatoms. The van der Waals surface area contributed by atoms with Crippen molar-refractivity contribution >= 4 is 18.1 Å². The summed E-state index contributed by atoms with van der Waals surface area (Å²) < 4.78 is 4.98. The summed E-state index contributed by atoms with van der Waals surface area (Å²) in [4.78, 5) is 0. The predicted molar refractivity (Wildman–Crippen MR) is 57.1 cm³/mol. The fourth-order valence-corrected chi connectivity index (χ4v) is 1.09. The summed E-state index contributed by atoms with van der Waals surface area (Å²) in [7, 11) is 1.69. The third kappa shape index (κ3) is 3.63. The van der Waals surface area contributed by atoms with Crippen LogP contribution in [0, 0.1) is 0 Å². The molecule has 0 aliphatic heterocycles. The molecular formula is C9H15ClN2O. The third-order valence-electron chi connectivity index (χ3n) is 1.75. The molecule has 0 bridgehead atoms. The first-order chi connectivity index (χ1) is 5.88. The van der Waals surface area contributed by atoms with E-state index in [-0.39, 0.29) is 12.4 Å². The van der Waals surface area contributed by atoms with Crippen molar-refractivity contribution in [3.05, 3.63) is 29.8 Å². The maximum atomic E-state index is 5.33. The first-order valence-electron chi connectivity index (χ1n) is 3.92. The molecule has 1 aromatic carbocycles. The maximum absolute atomic E-state index is 5.33. The van der Waals surface area contributed by atoms with E-state index in [9.17, 15) is 0 Å². The highest BCUT2D eigenvalue weighted by atomic mass is 35.5. The summed E-state index contributed by atoms with van der Waals surface area (Å²) in [6, 6.07) is 7.93. The molecule has 0 heterocycles. The van der Waals surface area contributed by atoms with Gasteiger partial charge in [-0.1, -0.05) is 18.2 Å². The third-order valence-corrected chi connectivity index (χ3v) is 1.75. The number of nitrogens with one attached hydrogen (secondary N) is 1. The average molecular weight is 203 g/mol. The predicted octanol–water partition coefficient (Wildman–Crippen LogP) is 1.58. The molecule has 0 spiro atoms. The van der Waals surface area contributed by atoms with Crippen LogP contribution in [0.5, 0.6) is 0 Å². The topological polar surface area (TPSA) is 47.3 Å². The molecule has 0 fully saturated rings. The Morgan fingerprint density at radius 2 is 2.08 bits per heavy atom. The Kier molecular flexibility index (Phi) is 6.32. The zero-order chi connectivity index (χ0) is 8.81. The fraction of sp³-hybridized carbons (Fsp3) is 0.333. The van der Waals surface area contributed by atoms with Crippen molar-refractivity contribution in [1.29, 1.82) is 0 Å². The summed E-state index contributed by atoms with van der Waals surface area (Å²) in [5.41, 5.74) is 4.80. The second kappa shape index (κ2) is 6.71. The summed E-state index contributed by atoms with van der Waals surface area (Å²) in [6.45, 7) is 0.721. The zero-order valence-electron chi connectivity index (χ0n) is 7.62. The first-order valence-corrected chi connectivity index (χ1v) is 3.92. The number of para-hydroxylation sites is 1. The largest absolute Gasteiger partial charge is 0.384 e. The van der Waals surface area contributed by atoms with Crippen LogP contribution in [0.25, 0.3) is 0 Å². The molecule has 0 amide bonds. The van der Waals surface area contributed by atoms with Crippen LogP contribution < -0.4 is 11.3 Å². The van der Waals surface area contributed by atoms with Crippen molar-refractivity contribution in [2.24, 2.45) is 5.84 Å². The van der Waals surface area contributed by atoms with Crippen LogP contribution in [0.4, 0.5) is 5.69 Å². The van der Waals surface area contributed by atoms with Crippen molar-refractivity contribution in [2.45, 2.75) is 6.42 Å². The highest BCUT2D eigenvalue weighted by molar-refractivity contribution is 5.85. The number of nitrogens with two attached hydrogens (primary N) is 1. The highest BCUT2D eigenvalue weighted by Gasteiger charge is 1.97. The Morgan fingerprint density at radius 1 is 1.38 bits per heavy atom. The fourth-order valence-electron chi connectivity index (χ4n) is 1.09. The molecule has 0 aliphatic carbocycles. The van der Waals surface area contributed by atoms with E-state index in [1.54, 1.807) is 7.11 Å². The number of benzene rings is 1. The van der Waals surface area contributed by atoms with Gasteiger partial charge in [0.2, 0.25) is 0 Å². The average Bonchev–Trinajstić information content (AvgIpc) is 2.15. The minimum Gasteiger partial charge on any atom is -0.384 e. The number of rotatable bonds is 4. The Balaban J connectivity index is 0.00000144. The Labute approximate surface area is 84.7 Å². The van der Waals surface area contributed by atoms with Gasteiger partial charge in [0.05, 0.1) is 12.3 Å². The summed E-state index contributed by atoms with van der Waals surface area (Å²) in [5.74, 6) is 5.33. The van der Waals surface area contributed by atoms with Crippen molar-refractivity contribution < 1.29 is 4.74 Å². The maximum Gasteiger partial charge on any atom is 0.0517 e. The van der Waals surface area contributed by atoms with Gasteiger partial charge in [-0.2, -0.15) is 0 Å². The summed E-state index contributed by atoms with van der Waals surface area (Å²) >= 11 is 0. The van der Waals surface area contributed by atoms with E-state index in [1.165, 1.54) is 5.56 Å². The molecule has 1 rings (SSSR count). The molecular weight excluding hydrogens is 188 g/mol. The lowest BCUT2D eigenvalue weighted by Crippen LogP contribution is -2.09. The van der Waals surface area contributed by atoms with E-state index in [2.05, 4.69) is 5.43 Å². The minimum absolute atomic E-state index is 0. The number of hydrazine groups is 1. The number of halogens is 1. The van der Waals surface area contributed by atoms with Gasteiger partial charge >= 0.3 is 0 Å². The van der Waals surface area contributed by atoms with Gasteiger partial charge in [0.25, 0.3) is 0 Å². The van der Waals surface area contributed by atoms with Gasteiger partial charge in [0.15, 0.2) is 0 Å². The number of methoxy groups -OCH3 is 1. The lowest BCUT2D eigenvalue weighted by Gasteiger charge is -2.07. The van der Waals surface area contributed by atoms with Gasteiger partial charge in [0.1, 0.15) is 0 Å². The van der Waals surface area contributed by atoms with Crippen LogP contribution in [0.1, 0.15) is 5.56 Å². The molecule has 0 radical (unpaired) electrons. The van der Waals surface area contributed by atoms with Crippen LogP contribution in [-0.4, -0.2) is 13.7 Å². The van der Waals surface area contributed by atoms with E-state index in [1.807, 2.05) is 24.3 Å². The normalized spacial score (nSPS) is 9.08. The van der Waals surface area contributed by atoms with E-state index in [0.29, 0.717) is 0 Å². The SMILES string of the molecule is COCCc1ccccc1NN.Cl. The lowest BCUT2D eigenvalue weighted by atomic mass is 10.1. The van der Waals surface area contributed by atoms with Crippen LogP contribution >= 0.6 is 12.4 Å². The Morgan fingerprint density at radius 3 is 2.69 bits per heavy atom. The smallest absolute Gasteiger partial charge is 0.0517 e. The molecule has 1 aromatic rings. The molecule has 3 nitrogen and oxygen atoms in total. The summed E-state index contributed by atoms with van der Waals surface area (Å²) in [5, 5.41) is 0. The van der Waals surface area contributed by atoms with Crippen molar-refractivity contribution in [2.75, 3.05) is 19.1 Å². The molecule has 0 atom stereocenters. The number of ether oxygens (including phenoxy) is 1. The van der Waals surface area contributed by atoms with Gasteiger partial charge in [-0.15, -0.1) is 12.4 Å². The van der Waals surface area contributed by atoms with Crippen LogP contribution in [0.2, 0.25) is 0 Å².